The Morgan fingerprint density at radius 2 is 1.45 bits per heavy atom. The van der Waals surface area contributed by atoms with Crippen molar-refractivity contribution in [2.45, 2.75) is 62.9 Å². The van der Waals surface area contributed by atoms with Gasteiger partial charge in [-0.2, -0.15) is 0 Å². The van der Waals surface area contributed by atoms with Crippen LogP contribution in [-0.4, -0.2) is 80.2 Å². The molecule has 2 atom stereocenters. The minimum absolute atomic E-state index is 0.0622. The van der Waals surface area contributed by atoms with Crippen LogP contribution in [0.2, 0.25) is 15.1 Å². The Morgan fingerprint density at radius 1 is 0.922 bits per heavy atom. The van der Waals surface area contributed by atoms with E-state index in [1.807, 2.05) is 63.8 Å². The number of hydrogen-bond acceptors (Lipinski definition) is 7. The van der Waals surface area contributed by atoms with Gasteiger partial charge < -0.3 is 15.4 Å². The van der Waals surface area contributed by atoms with Crippen LogP contribution in [0.3, 0.4) is 0 Å². The van der Waals surface area contributed by atoms with Gasteiger partial charge in [0.15, 0.2) is 5.75 Å². The summed E-state index contributed by atoms with van der Waals surface area (Å²) in [4.78, 5) is 37.1. The van der Waals surface area contributed by atoms with Gasteiger partial charge in [0, 0.05) is 36.2 Å². The zero-order valence-electron chi connectivity index (χ0n) is 29.5. The number of amidine groups is 1. The number of halogens is 3. The lowest BCUT2D eigenvalue weighted by molar-refractivity contribution is -0.119. The third-order valence-electron chi connectivity index (χ3n) is 9.76. The molecule has 11 nitrogen and oxygen atoms in total. The number of sulfonamides is 1. The molecule has 51 heavy (non-hydrogen) atoms. The van der Waals surface area contributed by atoms with Crippen molar-refractivity contribution in [1.82, 2.24) is 14.7 Å². The summed E-state index contributed by atoms with van der Waals surface area (Å²) in [6.07, 6.45) is 0. The molecule has 3 amide bonds. The van der Waals surface area contributed by atoms with Crippen LogP contribution >= 0.6 is 34.8 Å². The molecule has 0 unspecified atom stereocenters. The molecule has 5 rings (SSSR count). The summed E-state index contributed by atoms with van der Waals surface area (Å²) in [5.74, 6) is -0.408. The molecule has 274 valence electrons. The average Bonchev–Trinajstić information content (AvgIpc) is 3.28. The second kappa shape index (κ2) is 14.2. The Balaban J connectivity index is 1.88. The van der Waals surface area contributed by atoms with E-state index in [0.717, 1.165) is 5.56 Å². The number of primary amides is 1. The van der Waals surface area contributed by atoms with Crippen molar-refractivity contribution in [3.8, 4) is 5.75 Å². The van der Waals surface area contributed by atoms with Gasteiger partial charge in [-0.1, -0.05) is 79.8 Å². The van der Waals surface area contributed by atoms with Gasteiger partial charge in [-0.3, -0.25) is 19.6 Å². The van der Waals surface area contributed by atoms with Crippen molar-refractivity contribution in [1.29, 1.82) is 0 Å². The molecule has 3 aromatic rings. The number of piperazine rings is 1. The maximum Gasteiger partial charge on any atom is 0.326 e. The van der Waals surface area contributed by atoms with Crippen molar-refractivity contribution in [3.05, 3.63) is 91.9 Å². The summed E-state index contributed by atoms with van der Waals surface area (Å²) in [6, 6.07) is 15.8. The monoisotopic (exact) mass is 776 g/mol. The standard InChI is InChI=1S/C36H43Cl3N6O5S/c1-7-50-30-26(20-27(34(2,3)4)29(39)31(30)51(41,48)49)32-42-35(5,22-8-12-24(37)13-9-22)36(6,23-10-14-25(38)15-11-23)45(32)33(47)44-18-16-43(17-19-44)21-28(40)46/h8-15,20H,7,16-19,21H2,1-6H3,(H2,40,46)(H2,41,48,49)/t35-,36+/m0/s1. The molecule has 2 aliphatic heterocycles. The van der Waals surface area contributed by atoms with Gasteiger partial charge in [0.25, 0.3) is 0 Å². The number of hydrogen-bond donors (Lipinski definition) is 2. The van der Waals surface area contributed by atoms with Crippen LogP contribution in [0.15, 0.2) is 64.5 Å². The van der Waals surface area contributed by atoms with Crippen molar-refractivity contribution in [3.63, 3.8) is 0 Å². The normalized spacial score (nSPS) is 21.5. The maximum absolute atomic E-state index is 15.2. The van der Waals surface area contributed by atoms with Crippen LogP contribution in [0.1, 0.15) is 63.8 Å². The highest BCUT2D eigenvalue weighted by molar-refractivity contribution is 7.89. The molecule has 2 heterocycles. The Morgan fingerprint density at radius 3 is 1.92 bits per heavy atom. The second-order valence-corrected chi connectivity index (χ2v) is 16.9. The van der Waals surface area contributed by atoms with Crippen LogP contribution in [0, 0.1) is 0 Å². The number of primary sulfonamides is 1. The number of nitrogens with zero attached hydrogens (tertiary/aromatic N) is 4. The molecular formula is C36H43Cl3N6O5S. The number of amides is 3. The molecule has 3 aromatic carbocycles. The number of rotatable bonds is 8. The fourth-order valence-corrected chi connectivity index (χ4v) is 8.68. The molecule has 0 aliphatic carbocycles. The lowest BCUT2D eigenvalue weighted by Gasteiger charge is -2.47. The average molecular weight is 778 g/mol. The largest absolute Gasteiger partial charge is 0.492 e. The molecule has 1 saturated heterocycles. The summed E-state index contributed by atoms with van der Waals surface area (Å²) in [6.45, 7) is 12.8. The number of urea groups is 1. The van der Waals surface area contributed by atoms with Gasteiger partial charge in [0.2, 0.25) is 15.9 Å². The Bertz CT molecular complexity index is 1980. The molecular weight excluding hydrogens is 735 g/mol. The van der Waals surface area contributed by atoms with Gasteiger partial charge in [-0.25, -0.2) is 18.4 Å². The molecule has 4 N–H and O–H groups in total. The topological polar surface area (TPSA) is 152 Å². The van der Waals surface area contributed by atoms with Crippen molar-refractivity contribution < 1.29 is 22.7 Å². The van der Waals surface area contributed by atoms with Gasteiger partial charge in [-0.05, 0) is 73.2 Å². The molecule has 15 heteroatoms. The lowest BCUT2D eigenvalue weighted by atomic mass is 9.71. The smallest absolute Gasteiger partial charge is 0.326 e. The first kappa shape index (κ1) is 38.8. The second-order valence-electron chi connectivity index (χ2n) is 14.1. The van der Waals surface area contributed by atoms with E-state index in [4.69, 9.17) is 55.4 Å². The van der Waals surface area contributed by atoms with Crippen LogP contribution in [-0.2, 0) is 31.3 Å². The summed E-state index contributed by atoms with van der Waals surface area (Å²) in [5.41, 5.74) is 4.48. The van der Waals surface area contributed by atoms with E-state index in [9.17, 15) is 13.2 Å². The zero-order valence-corrected chi connectivity index (χ0v) is 32.6. The van der Waals surface area contributed by atoms with Crippen molar-refractivity contribution >= 4 is 62.6 Å². The van der Waals surface area contributed by atoms with E-state index in [1.54, 1.807) is 47.1 Å². The molecule has 1 fully saturated rings. The van der Waals surface area contributed by atoms with Crippen LogP contribution in [0.4, 0.5) is 4.79 Å². The Labute approximate surface area is 314 Å². The van der Waals surface area contributed by atoms with Crippen LogP contribution in [0.5, 0.6) is 5.75 Å². The first-order valence-corrected chi connectivity index (χ1v) is 19.2. The highest BCUT2D eigenvalue weighted by Crippen LogP contribution is 2.55. The van der Waals surface area contributed by atoms with E-state index in [0.29, 0.717) is 47.4 Å². The number of nitrogens with two attached hydrogens (primary N) is 2. The number of benzene rings is 3. The number of carbonyl (C=O) groups excluding carboxylic acids is 2. The summed E-state index contributed by atoms with van der Waals surface area (Å²) < 4.78 is 32.8. The quantitative estimate of drug-likeness (QED) is 0.282. The first-order chi connectivity index (χ1) is 23.7. The molecule has 0 radical (unpaired) electrons. The lowest BCUT2D eigenvalue weighted by Crippen LogP contribution is -2.61. The highest BCUT2D eigenvalue weighted by atomic mass is 35.5. The van der Waals surface area contributed by atoms with E-state index in [-0.39, 0.29) is 35.3 Å². The fourth-order valence-electron chi connectivity index (χ4n) is 6.90. The number of ether oxygens (including phenoxy) is 1. The predicted octanol–water partition coefficient (Wildman–Crippen LogP) is 6.11. The molecule has 0 saturated carbocycles. The van der Waals surface area contributed by atoms with Gasteiger partial charge >= 0.3 is 6.03 Å². The minimum atomic E-state index is -4.47. The van der Waals surface area contributed by atoms with E-state index < -0.39 is 43.3 Å². The van der Waals surface area contributed by atoms with Crippen molar-refractivity contribution in [2.24, 2.45) is 15.9 Å². The summed E-state index contributed by atoms with van der Waals surface area (Å²) in [7, 11) is -4.47. The highest BCUT2D eigenvalue weighted by Gasteiger charge is 2.60. The fraction of sp³-hybridized carbons (Fsp3) is 0.417. The Kier molecular flexibility index (Phi) is 10.8. The van der Waals surface area contributed by atoms with Gasteiger partial charge in [0.05, 0.1) is 23.7 Å². The third kappa shape index (κ3) is 7.19. The van der Waals surface area contributed by atoms with Crippen LogP contribution < -0.4 is 15.6 Å². The molecule has 0 spiro atoms. The molecule has 0 bridgehead atoms. The van der Waals surface area contributed by atoms with Gasteiger partial charge in [-0.15, -0.1) is 0 Å². The summed E-state index contributed by atoms with van der Waals surface area (Å²) >= 11 is 19.6. The molecule has 2 aliphatic rings. The Hall–Kier alpha value is -3.39. The summed E-state index contributed by atoms with van der Waals surface area (Å²) in [5, 5.41) is 6.81. The minimum Gasteiger partial charge on any atom is -0.492 e. The zero-order chi connectivity index (χ0) is 37.7. The number of carbonyl (C=O) groups is 2. The maximum atomic E-state index is 15.2. The van der Waals surface area contributed by atoms with E-state index in [1.165, 1.54) is 0 Å². The first-order valence-electron chi connectivity index (χ1n) is 16.5. The SMILES string of the molecule is CCOc1c(C2=N[C@@](C)(c3ccc(Cl)cc3)[C@@](C)(c3ccc(Cl)cc3)N2C(=O)N2CCN(CC(N)=O)CC2)cc(C(C)(C)C)c(Cl)c1S(N)(=O)=O. The number of aliphatic imine (C=N–C) groups is 1. The van der Waals surface area contributed by atoms with Crippen LogP contribution in [0.25, 0.3) is 0 Å². The van der Waals surface area contributed by atoms with E-state index >= 15 is 4.79 Å². The van der Waals surface area contributed by atoms with Gasteiger partial charge in [0.1, 0.15) is 21.8 Å². The van der Waals surface area contributed by atoms with E-state index in [2.05, 4.69) is 0 Å². The predicted molar refractivity (Wildman–Crippen MR) is 201 cm³/mol. The van der Waals surface area contributed by atoms with Crippen molar-refractivity contribution in [2.75, 3.05) is 39.3 Å². The third-order valence-corrected chi connectivity index (χ3v) is 11.7. The molecule has 0 aromatic heterocycles.